The zero-order valence-corrected chi connectivity index (χ0v) is 15.9. The fourth-order valence-corrected chi connectivity index (χ4v) is 4.92. The van der Waals surface area contributed by atoms with Crippen molar-refractivity contribution in [1.29, 1.82) is 0 Å². The summed E-state index contributed by atoms with van der Waals surface area (Å²) in [5.41, 5.74) is 1.62. The molecule has 1 heterocycles. The van der Waals surface area contributed by atoms with Crippen LogP contribution in [0.4, 0.5) is 0 Å². The highest BCUT2D eigenvalue weighted by molar-refractivity contribution is 7.88. The van der Waals surface area contributed by atoms with Crippen molar-refractivity contribution in [3.8, 4) is 0 Å². The molecule has 0 aliphatic rings. The Morgan fingerprint density at radius 2 is 1.50 bits per heavy atom. The van der Waals surface area contributed by atoms with Gasteiger partial charge >= 0.3 is 0 Å². The van der Waals surface area contributed by atoms with E-state index in [9.17, 15) is 13.5 Å². The molecule has 3 rings (SSSR count). The summed E-state index contributed by atoms with van der Waals surface area (Å²) >= 11 is 1.42. The number of nitrogens with zero attached hydrogens (tertiary/aromatic N) is 1. The van der Waals surface area contributed by atoms with Crippen molar-refractivity contribution in [3.05, 3.63) is 94.2 Å². The smallest absolute Gasteiger partial charge is 0.218 e. The Morgan fingerprint density at radius 3 is 2.08 bits per heavy atom. The molecule has 1 atom stereocenters. The van der Waals surface area contributed by atoms with Gasteiger partial charge < -0.3 is 5.11 Å². The van der Waals surface area contributed by atoms with Crippen LogP contribution in [0.1, 0.15) is 22.1 Å². The molecular formula is C20H21NO3S2. The normalized spacial score (nSPS) is 13.0. The van der Waals surface area contributed by atoms with Crippen molar-refractivity contribution in [1.82, 2.24) is 4.31 Å². The minimum absolute atomic E-state index is 0.0323. The lowest BCUT2D eigenvalue weighted by molar-refractivity contribution is 0.149. The summed E-state index contributed by atoms with van der Waals surface area (Å²) in [5, 5.41) is 12.4. The minimum atomic E-state index is -3.58. The fraction of sp³-hybridized carbons (Fsp3) is 0.200. The van der Waals surface area contributed by atoms with Gasteiger partial charge in [0, 0.05) is 18.0 Å². The van der Waals surface area contributed by atoms with Crippen LogP contribution in [-0.4, -0.2) is 24.4 Å². The van der Waals surface area contributed by atoms with Crippen molar-refractivity contribution < 1.29 is 13.5 Å². The average molecular weight is 388 g/mol. The molecule has 1 N–H and O–H groups in total. The summed E-state index contributed by atoms with van der Waals surface area (Å²) < 4.78 is 27.4. The van der Waals surface area contributed by atoms with Crippen LogP contribution in [0.25, 0.3) is 0 Å². The van der Waals surface area contributed by atoms with Crippen LogP contribution in [0.15, 0.2) is 78.2 Å². The van der Waals surface area contributed by atoms with Gasteiger partial charge in [-0.05, 0) is 22.6 Å². The number of benzene rings is 2. The lowest BCUT2D eigenvalue weighted by Crippen LogP contribution is -2.35. The molecule has 0 amide bonds. The molecule has 0 spiro atoms. The van der Waals surface area contributed by atoms with Crippen molar-refractivity contribution in [2.75, 3.05) is 6.54 Å². The molecule has 4 nitrogen and oxygen atoms in total. The number of aliphatic hydroxyl groups excluding tert-OH is 1. The van der Waals surface area contributed by atoms with Crippen LogP contribution >= 0.6 is 11.3 Å². The van der Waals surface area contributed by atoms with Gasteiger partial charge in [-0.1, -0.05) is 66.7 Å². The van der Waals surface area contributed by atoms with Gasteiger partial charge in [0.15, 0.2) is 0 Å². The van der Waals surface area contributed by atoms with E-state index in [1.54, 1.807) is 12.1 Å². The molecule has 0 saturated heterocycles. The van der Waals surface area contributed by atoms with E-state index >= 15 is 0 Å². The second-order valence-electron chi connectivity index (χ2n) is 6.05. The molecule has 0 unspecified atom stereocenters. The van der Waals surface area contributed by atoms with E-state index in [1.807, 2.05) is 66.0 Å². The molecule has 0 fully saturated rings. The zero-order chi connectivity index (χ0) is 18.4. The standard InChI is InChI=1S/C20H21NO3S2/c22-19(20-12-7-13-25-20)15-21(14-17-8-3-1-4-9-17)26(23,24)16-18-10-5-2-6-11-18/h1-13,19,22H,14-16H2/t19-/m0/s1. The third-order valence-electron chi connectivity index (χ3n) is 4.04. The number of hydrogen-bond acceptors (Lipinski definition) is 4. The molecule has 1 aromatic heterocycles. The highest BCUT2D eigenvalue weighted by Crippen LogP contribution is 2.23. The quantitative estimate of drug-likeness (QED) is 0.639. The van der Waals surface area contributed by atoms with Gasteiger partial charge in [-0.25, -0.2) is 8.42 Å². The Balaban J connectivity index is 1.83. The van der Waals surface area contributed by atoms with Gasteiger partial charge in [0.1, 0.15) is 6.10 Å². The maximum atomic E-state index is 13.0. The Bertz CT molecular complexity index is 895. The van der Waals surface area contributed by atoms with Gasteiger partial charge in [-0.2, -0.15) is 4.31 Å². The summed E-state index contributed by atoms with van der Waals surface area (Å²) in [5.74, 6) is -0.0855. The van der Waals surface area contributed by atoms with E-state index in [0.29, 0.717) is 0 Å². The maximum Gasteiger partial charge on any atom is 0.218 e. The minimum Gasteiger partial charge on any atom is -0.386 e. The second kappa shape index (κ2) is 8.60. The van der Waals surface area contributed by atoms with Gasteiger partial charge in [0.2, 0.25) is 10.0 Å². The topological polar surface area (TPSA) is 57.6 Å². The van der Waals surface area contributed by atoms with Gasteiger partial charge in [0.05, 0.1) is 5.75 Å². The van der Waals surface area contributed by atoms with E-state index in [-0.39, 0.29) is 18.8 Å². The number of rotatable bonds is 8. The Morgan fingerprint density at radius 1 is 0.885 bits per heavy atom. The summed E-state index contributed by atoms with van der Waals surface area (Å²) in [6, 6.07) is 22.2. The Labute approximate surface area is 158 Å². The van der Waals surface area contributed by atoms with E-state index in [0.717, 1.165) is 16.0 Å². The highest BCUT2D eigenvalue weighted by Gasteiger charge is 2.26. The van der Waals surface area contributed by atoms with Gasteiger partial charge in [-0.3, -0.25) is 0 Å². The molecule has 0 saturated carbocycles. The number of hydrogen-bond donors (Lipinski definition) is 1. The predicted octanol–water partition coefficient (Wildman–Crippen LogP) is 3.81. The summed E-state index contributed by atoms with van der Waals surface area (Å²) in [4.78, 5) is 0.762. The van der Waals surface area contributed by atoms with E-state index in [4.69, 9.17) is 0 Å². The summed E-state index contributed by atoms with van der Waals surface area (Å²) in [6.45, 7) is 0.267. The van der Waals surface area contributed by atoms with Gasteiger partial charge in [-0.15, -0.1) is 11.3 Å². The summed E-state index contributed by atoms with van der Waals surface area (Å²) in [6.07, 6.45) is -0.843. The van der Waals surface area contributed by atoms with Crippen LogP contribution in [0, 0.1) is 0 Å². The molecule has 136 valence electrons. The first kappa shape index (κ1) is 18.8. The fourth-order valence-electron chi connectivity index (χ4n) is 2.70. The second-order valence-corrected chi connectivity index (χ2v) is 9.00. The molecule has 0 bridgehead atoms. The largest absolute Gasteiger partial charge is 0.386 e. The van der Waals surface area contributed by atoms with E-state index in [1.165, 1.54) is 15.6 Å². The van der Waals surface area contributed by atoms with Crippen LogP contribution < -0.4 is 0 Å². The maximum absolute atomic E-state index is 13.0. The van der Waals surface area contributed by atoms with Crippen molar-refractivity contribution >= 4 is 21.4 Å². The van der Waals surface area contributed by atoms with Crippen molar-refractivity contribution in [2.45, 2.75) is 18.4 Å². The lowest BCUT2D eigenvalue weighted by atomic mass is 10.2. The predicted molar refractivity (Wildman–Crippen MR) is 105 cm³/mol. The number of aliphatic hydroxyl groups is 1. The Hall–Kier alpha value is -1.99. The number of sulfonamides is 1. The molecule has 6 heteroatoms. The first-order valence-electron chi connectivity index (χ1n) is 8.32. The number of thiophene rings is 1. The van der Waals surface area contributed by atoms with E-state index < -0.39 is 16.1 Å². The van der Waals surface area contributed by atoms with Crippen LogP contribution in [0.2, 0.25) is 0 Å². The molecule has 0 aliphatic heterocycles. The first-order chi connectivity index (χ1) is 12.5. The van der Waals surface area contributed by atoms with Gasteiger partial charge in [0.25, 0.3) is 0 Å². The molecule has 2 aromatic carbocycles. The SMILES string of the molecule is O=S(=O)(Cc1ccccc1)N(Cc1ccccc1)C[C@H](O)c1cccs1. The average Bonchev–Trinajstić information content (AvgIpc) is 3.17. The first-order valence-corrected chi connectivity index (χ1v) is 10.8. The summed E-state index contributed by atoms with van der Waals surface area (Å²) in [7, 11) is -3.58. The molecule has 3 aromatic rings. The van der Waals surface area contributed by atoms with Crippen molar-refractivity contribution in [2.24, 2.45) is 0 Å². The van der Waals surface area contributed by atoms with Crippen LogP contribution in [0.5, 0.6) is 0 Å². The van der Waals surface area contributed by atoms with E-state index in [2.05, 4.69) is 0 Å². The highest BCUT2D eigenvalue weighted by atomic mass is 32.2. The van der Waals surface area contributed by atoms with Crippen LogP contribution in [0.3, 0.4) is 0 Å². The Kier molecular flexibility index (Phi) is 6.21. The molecular weight excluding hydrogens is 366 g/mol. The lowest BCUT2D eigenvalue weighted by Gasteiger charge is -2.24. The molecule has 26 heavy (non-hydrogen) atoms. The molecule has 0 radical (unpaired) electrons. The van der Waals surface area contributed by atoms with Crippen molar-refractivity contribution in [3.63, 3.8) is 0 Å². The third-order valence-corrected chi connectivity index (χ3v) is 6.77. The monoisotopic (exact) mass is 387 g/mol. The third kappa shape index (κ3) is 5.02. The van der Waals surface area contributed by atoms with Crippen LogP contribution in [-0.2, 0) is 22.3 Å². The molecule has 0 aliphatic carbocycles. The zero-order valence-electron chi connectivity index (χ0n) is 14.2.